The molecule has 9 aliphatic rings. The SMILES string of the molecule is CC1OC(OC2C(OC3C(OC4CCC5(C)C(CCC6(C)C5CC=C5C7CC(C)(CO)C(O)C(OC8OC(CO)C(O)C(O)C8O)C7(C)CCC56C)C4(C)CO)OC(C(=O)O)C(O)C3O)OCC(O)C2O)C(O)C(O)C1O. The van der Waals surface area contributed by atoms with E-state index in [1.807, 2.05) is 13.8 Å². The second-order valence-electron chi connectivity index (χ2n) is 25.8. The van der Waals surface area contributed by atoms with Gasteiger partial charge in [0.15, 0.2) is 31.3 Å². The van der Waals surface area contributed by atoms with E-state index in [0.717, 1.165) is 0 Å². The van der Waals surface area contributed by atoms with Crippen LogP contribution >= 0.6 is 0 Å². The number of aliphatic hydroxyl groups excluding tert-OH is 14. The van der Waals surface area contributed by atoms with Crippen molar-refractivity contribution in [1.82, 2.24) is 0 Å². The first kappa shape index (κ1) is 59.9. The highest BCUT2D eigenvalue weighted by atomic mass is 16.8. The Balaban J connectivity index is 0.981. The number of hydrogen-bond acceptors (Lipinski definition) is 23. The molecule has 0 aromatic rings. The van der Waals surface area contributed by atoms with Gasteiger partial charge in [0.1, 0.15) is 79.4 Å². The van der Waals surface area contributed by atoms with E-state index >= 15 is 0 Å². The maximum absolute atomic E-state index is 12.5. The molecule has 31 unspecified atom stereocenters. The highest BCUT2D eigenvalue weighted by molar-refractivity contribution is 5.73. The number of ether oxygens (including phenoxy) is 8. The Labute approximate surface area is 447 Å². The molecule has 0 aromatic carbocycles. The molecule has 0 radical (unpaired) electrons. The normalized spacial score (nSPS) is 56.9. The standard InChI is InChI=1S/C53H86O24/c1-21-29(58)32(61)36(65)44(71-21)75-39-30(59)24(57)18-70-46(39)76-40-35(64)34(63)38(43(68)69)74-47(40)73-28-11-12-50(4)26(51(28,5)20-56)10-13-53(7)27(50)9-8-22-23-16-48(2,19-55)41(67)42(49(23,3)14-15-52(22,53)6)77-45-37(66)33(62)31(60)25(17-54)72-45/h8,21,23-42,44-47,54-67H,9-20H2,1-7H3,(H,68,69). The summed E-state index contributed by atoms with van der Waals surface area (Å²) in [5, 5.41) is 163. The van der Waals surface area contributed by atoms with E-state index in [-0.39, 0.29) is 36.4 Å². The Kier molecular flexibility index (Phi) is 16.7. The minimum Gasteiger partial charge on any atom is -0.479 e. The summed E-state index contributed by atoms with van der Waals surface area (Å²) in [6.07, 6.45) is -28.3. The first-order valence-electron chi connectivity index (χ1n) is 27.5. The molecule has 442 valence electrons. The van der Waals surface area contributed by atoms with Gasteiger partial charge in [0.25, 0.3) is 0 Å². The van der Waals surface area contributed by atoms with Crippen LogP contribution in [-0.4, -0.2) is 244 Å². The summed E-state index contributed by atoms with van der Waals surface area (Å²) in [6, 6.07) is 0. The summed E-state index contributed by atoms with van der Waals surface area (Å²) in [7, 11) is 0. The minimum atomic E-state index is -2.08. The average Bonchev–Trinajstić information content (AvgIpc) is 3.42. The summed E-state index contributed by atoms with van der Waals surface area (Å²) in [5.41, 5.74) is -2.86. The molecule has 8 fully saturated rings. The fourth-order valence-corrected chi connectivity index (χ4v) is 16.4. The summed E-state index contributed by atoms with van der Waals surface area (Å²) in [5.74, 6) is -2.00. The number of aliphatic hydroxyl groups is 14. The highest BCUT2D eigenvalue weighted by Crippen LogP contribution is 2.76. The van der Waals surface area contributed by atoms with Crippen molar-refractivity contribution in [2.24, 2.45) is 50.2 Å². The van der Waals surface area contributed by atoms with E-state index in [1.54, 1.807) is 6.92 Å². The fourth-order valence-electron chi connectivity index (χ4n) is 16.4. The average molecular weight is 1110 g/mol. The zero-order valence-electron chi connectivity index (χ0n) is 44.9. The molecule has 4 aliphatic heterocycles. The van der Waals surface area contributed by atoms with Crippen molar-refractivity contribution in [3.63, 3.8) is 0 Å². The van der Waals surface area contributed by atoms with Crippen LogP contribution in [0.1, 0.15) is 99.8 Å². The Bertz CT molecular complexity index is 2140. The molecule has 31 atom stereocenters. The molecular formula is C53H86O24. The number of hydrogen-bond donors (Lipinski definition) is 15. The van der Waals surface area contributed by atoms with Gasteiger partial charge in [-0.05, 0) is 92.3 Å². The molecule has 15 N–H and O–H groups in total. The molecule has 9 rings (SSSR count). The van der Waals surface area contributed by atoms with Crippen LogP contribution in [0.25, 0.3) is 0 Å². The van der Waals surface area contributed by atoms with Crippen molar-refractivity contribution in [2.45, 2.75) is 235 Å². The lowest BCUT2D eigenvalue weighted by molar-refractivity contribution is -0.387. The van der Waals surface area contributed by atoms with Crippen LogP contribution in [0, 0.1) is 50.2 Å². The Morgan fingerprint density at radius 2 is 1.26 bits per heavy atom. The number of carboxylic acid groups (broad SMARTS) is 1. The maximum Gasteiger partial charge on any atom is 0.335 e. The van der Waals surface area contributed by atoms with Crippen molar-refractivity contribution in [3.05, 3.63) is 11.6 Å². The van der Waals surface area contributed by atoms with Crippen molar-refractivity contribution in [1.29, 1.82) is 0 Å². The molecule has 0 bridgehead atoms. The Hall–Kier alpha value is -1.67. The predicted octanol–water partition coefficient (Wildman–Crippen LogP) is -2.89. The Morgan fingerprint density at radius 1 is 0.623 bits per heavy atom. The second kappa shape index (κ2) is 21.5. The second-order valence-corrected chi connectivity index (χ2v) is 25.8. The first-order valence-corrected chi connectivity index (χ1v) is 27.5. The number of fused-ring (bicyclic) bond motifs is 7. The van der Waals surface area contributed by atoms with Gasteiger partial charge in [-0.2, -0.15) is 0 Å². The van der Waals surface area contributed by atoms with Gasteiger partial charge in [-0.15, -0.1) is 0 Å². The van der Waals surface area contributed by atoms with E-state index in [1.165, 1.54) is 12.5 Å². The minimum absolute atomic E-state index is 0.0508. The highest BCUT2D eigenvalue weighted by Gasteiger charge is 2.71. The van der Waals surface area contributed by atoms with Gasteiger partial charge in [0.05, 0.1) is 50.8 Å². The van der Waals surface area contributed by atoms with Gasteiger partial charge < -0.3 is 114 Å². The lowest BCUT2D eigenvalue weighted by atomic mass is 9.33. The molecular weight excluding hydrogens is 1020 g/mol. The maximum atomic E-state index is 12.5. The number of carbonyl (C=O) groups is 1. The molecule has 0 amide bonds. The van der Waals surface area contributed by atoms with Crippen LogP contribution in [0.5, 0.6) is 0 Å². The van der Waals surface area contributed by atoms with E-state index in [2.05, 4.69) is 26.8 Å². The van der Waals surface area contributed by atoms with Crippen molar-refractivity contribution in [2.75, 3.05) is 26.4 Å². The van der Waals surface area contributed by atoms with Gasteiger partial charge in [-0.3, -0.25) is 0 Å². The van der Waals surface area contributed by atoms with Crippen LogP contribution in [0.2, 0.25) is 0 Å². The number of rotatable bonds is 12. The summed E-state index contributed by atoms with van der Waals surface area (Å²) in [4.78, 5) is 12.5. The smallest absolute Gasteiger partial charge is 0.335 e. The van der Waals surface area contributed by atoms with Gasteiger partial charge in [0.2, 0.25) is 0 Å². The third kappa shape index (κ3) is 9.41. The largest absolute Gasteiger partial charge is 0.479 e. The summed E-state index contributed by atoms with van der Waals surface area (Å²) >= 11 is 0. The zero-order valence-corrected chi connectivity index (χ0v) is 44.9. The lowest BCUT2D eigenvalue weighted by Crippen LogP contribution is -2.69. The van der Waals surface area contributed by atoms with Crippen molar-refractivity contribution < 1.29 is 119 Å². The van der Waals surface area contributed by atoms with Crippen LogP contribution in [0.15, 0.2) is 11.6 Å². The van der Waals surface area contributed by atoms with Crippen LogP contribution in [0.4, 0.5) is 0 Å². The van der Waals surface area contributed by atoms with Gasteiger partial charge in [0, 0.05) is 16.2 Å². The first-order chi connectivity index (χ1) is 36.0. The van der Waals surface area contributed by atoms with Crippen LogP contribution < -0.4 is 0 Å². The number of aliphatic carboxylic acids is 1. The fraction of sp³-hybridized carbons (Fsp3) is 0.943. The molecule has 0 aromatic heterocycles. The summed E-state index contributed by atoms with van der Waals surface area (Å²) in [6.45, 7) is 12.1. The molecule has 24 heteroatoms. The monoisotopic (exact) mass is 1110 g/mol. The van der Waals surface area contributed by atoms with Crippen molar-refractivity contribution >= 4 is 5.97 Å². The van der Waals surface area contributed by atoms with Crippen LogP contribution in [-0.2, 0) is 42.7 Å². The molecule has 77 heavy (non-hydrogen) atoms. The Morgan fingerprint density at radius 3 is 1.90 bits per heavy atom. The quantitative estimate of drug-likeness (QED) is 0.0689. The van der Waals surface area contributed by atoms with Gasteiger partial charge >= 0.3 is 5.97 Å². The lowest BCUT2D eigenvalue weighted by Gasteiger charge is -2.72. The van der Waals surface area contributed by atoms with E-state index in [4.69, 9.17) is 37.9 Å². The van der Waals surface area contributed by atoms with Crippen molar-refractivity contribution in [3.8, 4) is 0 Å². The van der Waals surface area contributed by atoms with Gasteiger partial charge in [-0.1, -0.05) is 53.2 Å². The summed E-state index contributed by atoms with van der Waals surface area (Å²) < 4.78 is 48.4. The molecule has 4 saturated carbocycles. The molecule has 0 spiro atoms. The van der Waals surface area contributed by atoms with E-state index in [0.29, 0.717) is 51.4 Å². The zero-order chi connectivity index (χ0) is 56.4. The molecule has 4 saturated heterocycles. The number of allylic oxidation sites excluding steroid dienone is 2. The van der Waals surface area contributed by atoms with Crippen LogP contribution in [0.3, 0.4) is 0 Å². The molecule has 24 nitrogen and oxygen atoms in total. The number of carboxylic acids is 1. The van der Waals surface area contributed by atoms with E-state index in [9.17, 15) is 81.4 Å². The van der Waals surface area contributed by atoms with Gasteiger partial charge in [-0.25, -0.2) is 4.79 Å². The third-order valence-corrected chi connectivity index (χ3v) is 21.7. The molecule has 5 aliphatic carbocycles. The predicted molar refractivity (Wildman–Crippen MR) is 260 cm³/mol. The third-order valence-electron chi connectivity index (χ3n) is 21.7. The van der Waals surface area contributed by atoms with E-state index < -0.39 is 181 Å². The molecule has 4 heterocycles. The topological polar surface area (TPSA) is 394 Å².